The SMILES string of the molecule is CCc1ccc(-n2[nH]c(=O)c3[nH]c4cc(Cl)ccc4c(=O)c3c2=O)cc1. The van der Waals surface area contributed by atoms with Gasteiger partial charge >= 0.3 is 0 Å². The Hall–Kier alpha value is -3.12. The molecule has 2 aromatic heterocycles. The molecule has 0 saturated carbocycles. The van der Waals surface area contributed by atoms with Gasteiger partial charge in [0, 0.05) is 10.4 Å². The molecule has 0 aliphatic heterocycles. The van der Waals surface area contributed by atoms with Crippen LogP contribution in [0, 0.1) is 0 Å². The van der Waals surface area contributed by atoms with Crippen molar-refractivity contribution in [2.75, 3.05) is 0 Å². The number of benzene rings is 2. The van der Waals surface area contributed by atoms with Crippen molar-refractivity contribution < 1.29 is 0 Å². The van der Waals surface area contributed by atoms with E-state index in [4.69, 9.17) is 11.6 Å². The number of nitrogens with zero attached hydrogens (tertiary/aromatic N) is 1. The number of hydrogen-bond donors (Lipinski definition) is 2. The van der Waals surface area contributed by atoms with Crippen molar-refractivity contribution in [1.82, 2.24) is 14.8 Å². The van der Waals surface area contributed by atoms with E-state index in [9.17, 15) is 14.4 Å². The minimum atomic E-state index is -0.582. The lowest BCUT2D eigenvalue weighted by atomic mass is 10.1. The van der Waals surface area contributed by atoms with Crippen molar-refractivity contribution in [3.8, 4) is 5.69 Å². The van der Waals surface area contributed by atoms with E-state index in [1.165, 1.54) is 6.07 Å². The number of H-pyrrole nitrogens is 2. The standard InChI is InChI=1S/C19H14ClN3O3/c1-2-10-3-6-12(7-4-10)23-19(26)15-16(18(25)22-23)21-14-9-11(20)5-8-13(14)17(15)24/h3-9H,2H2,1H3,(H,21,24)(H,22,25). The second-order valence-electron chi connectivity index (χ2n) is 6.00. The Labute approximate surface area is 151 Å². The lowest BCUT2D eigenvalue weighted by Crippen LogP contribution is -2.32. The first-order chi connectivity index (χ1) is 12.5. The molecule has 7 heteroatoms. The third-order valence-electron chi connectivity index (χ3n) is 4.42. The van der Waals surface area contributed by atoms with Crippen LogP contribution in [0.5, 0.6) is 0 Å². The average Bonchev–Trinajstić information content (AvgIpc) is 2.64. The third kappa shape index (κ3) is 2.46. The van der Waals surface area contributed by atoms with E-state index in [1.54, 1.807) is 24.3 Å². The van der Waals surface area contributed by atoms with E-state index >= 15 is 0 Å². The molecule has 130 valence electrons. The highest BCUT2D eigenvalue weighted by Gasteiger charge is 2.15. The summed E-state index contributed by atoms with van der Waals surface area (Å²) in [5.74, 6) is 0. The Morgan fingerprint density at radius 1 is 1.04 bits per heavy atom. The minimum absolute atomic E-state index is 0.0591. The van der Waals surface area contributed by atoms with Crippen LogP contribution in [0.25, 0.3) is 27.5 Å². The van der Waals surface area contributed by atoms with Gasteiger partial charge in [-0.05, 0) is 42.3 Å². The largest absolute Gasteiger partial charge is 0.350 e. The average molecular weight is 368 g/mol. The predicted octanol–water partition coefficient (Wildman–Crippen LogP) is 2.74. The Morgan fingerprint density at radius 3 is 2.46 bits per heavy atom. The van der Waals surface area contributed by atoms with Gasteiger partial charge in [0.1, 0.15) is 10.9 Å². The van der Waals surface area contributed by atoms with Crippen LogP contribution in [-0.2, 0) is 6.42 Å². The van der Waals surface area contributed by atoms with Gasteiger partial charge in [-0.15, -0.1) is 0 Å². The quantitative estimate of drug-likeness (QED) is 0.534. The number of rotatable bonds is 2. The van der Waals surface area contributed by atoms with E-state index in [-0.39, 0.29) is 10.9 Å². The molecule has 26 heavy (non-hydrogen) atoms. The molecular weight excluding hydrogens is 354 g/mol. The van der Waals surface area contributed by atoms with Crippen molar-refractivity contribution >= 4 is 33.4 Å². The van der Waals surface area contributed by atoms with Gasteiger partial charge in [-0.2, -0.15) is 0 Å². The van der Waals surface area contributed by atoms with E-state index in [0.717, 1.165) is 16.7 Å². The number of aryl methyl sites for hydroxylation is 1. The van der Waals surface area contributed by atoms with Crippen LogP contribution in [0.2, 0.25) is 5.02 Å². The Morgan fingerprint density at radius 2 is 1.77 bits per heavy atom. The maximum Gasteiger partial charge on any atom is 0.287 e. The van der Waals surface area contributed by atoms with Gasteiger partial charge in [-0.1, -0.05) is 30.7 Å². The zero-order valence-corrected chi connectivity index (χ0v) is 14.6. The summed E-state index contributed by atoms with van der Waals surface area (Å²) in [5, 5.41) is 3.07. The zero-order valence-electron chi connectivity index (χ0n) is 13.8. The smallest absolute Gasteiger partial charge is 0.287 e. The fourth-order valence-corrected chi connectivity index (χ4v) is 3.19. The highest BCUT2D eigenvalue weighted by atomic mass is 35.5. The summed E-state index contributed by atoms with van der Waals surface area (Å²) in [6, 6.07) is 11.9. The van der Waals surface area contributed by atoms with Crippen molar-refractivity contribution in [2.24, 2.45) is 0 Å². The number of fused-ring (bicyclic) bond motifs is 2. The van der Waals surface area contributed by atoms with Crippen molar-refractivity contribution in [3.05, 3.63) is 84.0 Å². The summed E-state index contributed by atoms with van der Waals surface area (Å²) in [7, 11) is 0. The molecule has 0 bridgehead atoms. The summed E-state index contributed by atoms with van der Waals surface area (Å²) in [4.78, 5) is 41.1. The molecule has 4 rings (SSSR count). The summed E-state index contributed by atoms with van der Waals surface area (Å²) in [6.07, 6.45) is 0.859. The summed E-state index contributed by atoms with van der Waals surface area (Å²) >= 11 is 5.95. The van der Waals surface area contributed by atoms with Gasteiger partial charge < -0.3 is 4.98 Å². The molecule has 0 aliphatic carbocycles. The van der Waals surface area contributed by atoms with Gasteiger partial charge in [0.15, 0.2) is 0 Å². The third-order valence-corrected chi connectivity index (χ3v) is 4.66. The maximum atomic E-state index is 12.9. The molecule has 2 heterocycles. The van der Waals surface area contributed by atoms with Gasteiger partial charge in [0.05, 0.1) is 11.2 Å². The molecule has 0 fully saturated rings. The molecular formula is C19H14ClN3O3. The second-order valence-corrected chi connectivity index (χ2v) is 6.43. The number of aromatic amines is 2. The van der Waals surface area contributed by atoms with Crippen LogP contribution in [0.15, 0.2) is 56.8 Å². The Bertz CT molecular complexity index is 1330. The zero-order chi connectivity index (χ0) is 18.4. The second kappa shape index (κ2) is 6.00. The van der Waals surface area contributed by atoms with Gasteiger partial charge in [-0.25, -0.2) is 4.68 Å². The van der Waals surface area contributed by atoms with Gasteiger partial charge in [0.25, 0.3) is 11.1 Å². The maximum absolute atomic E-state index is 12.9. The number of nitrogens with one attached hydrogen (secondary N) is 2. The molecule has 6 nitrogen and oxygen atoms in total. The molecule has 0 aliphatic rings. The van der Waals surface area contributed by atoms with Crippen LogP contribution >= 0.6 is 11.6 Å². The molecule has 0 atom stereocenters. The molecule has 0 radical (unpaired) electrons. The van der Waals surface area contributed by atoms with Gasteiger partial charge in [-0.3, -0.25) is 19.5 Å². The van der Waals surface area contributed by atoms with Crippen molar-refractivity contribution in [1.29, 1.82) is 0 Å². The van der Waals surface area contributed by atoms with Crippen LogP contribution in [0.1, 0.15) is 12.5 Å². The predicted molar refractivity (Wildman–Crippen MR) is 103 cm³/mol. The first-order valence-electron chi connectivity index (χ1n) is 8.09. The fourth-order valence-electron chi connectivity index (χ4n) is 3.02. The van der Waals surface area contributed by atoms with Crippen LogP contribution < -0.4 is 16.5 Å². The van der Waals surface area contributed by atoms with Crippen molar-refractivity contribution in [2.45, 2.75) is 13.3 Å². The number of pyridine rings is 1. The van der Waals surface area contributed by atoms with Gasteiger partial charge in [0.2, 0.25) is 5.43 Å². The van der Waals surface area contributed by atoms with E-state index in [1.807, 2.05) is 19.1 Å². The van der Waals surface area contributed by atoms with Crippen LogP contribution in [-0.4, -0.2) is 14.8 Å². The fraction of sp³-hybridized carbons (Fsp3) is 0.105. The highest BCUT2D eigenvalue weighted by molar-refractivity contribution is 6.31. The van der Waals surface area contributed by atoms with Crippen LogP contribution in [0.4, 0.5) is 0 Å². The first kappa shape index (κ1) is 16.4. The van der Waals surface area contributed by atoms with Crippen LogP contribution in [0.3, 0.4) is 0 Å². The first-order valence-corrected chi connectivity index (χ1v) is 8.47. The lowest BCUT2D eigenvalue weighted by molar-refractivity contribution is 0.798. The van der Waals surface area contributed by atoms with E-state index < -0.39 is 16.5 Å². The lowest BCUT2D eigenvalue weighted by Gasteiger charge is -2.08. The number of halogens is 1. The monoisotopic (exact) mass is 367 g/mol. The number of aromatic nitrogens is 3. The topological polar surface area (TPSA) is 87.7 Å². The molecule has 2 aromatic carbocycles. The molecule has 0 spiro atoms. The molecule has 0 unspecified atom stereocenters. The highest BCUT2D eigenvalue weighted by Crippen LogP contribution is 2.16. The van der Waals surface area contributed by atoms with Crippen molar-refractivity contribution in [3.63, 3.8) is 0 Å². The molecule has 0 amide bonds. The van der Waals surface area contributed by atoms with E-state index in [0.29, 0.717) is 21.6 Å². The summed E-state index contributed by atoms with van der Waals surface area (Å²) in [6.45, 7) is 2.02. The molecule has 0 saturated heterocycles. The summed E-state index contributed by atoms with van der Waals surface area (Å²) in [5.41, 5.74) is 0.300. The molecule has 4 aromatic rings. The normalized spacial score (nSPS) is 11.3. The number of hydrogen-bond acceptors (Lipinski definition) is 3. The Kier molecular flexibility index (Phi) is 3.77. The summed E-state index contributed by atoms with van der Waals surface area (Å²) < 4.78 is 1.10. The molecule has 2 N–H and O–H groups in total. The van der Waals surface area contributed by atoms with E-state index in [2.05, 4.69) is 10.1 Å². The Balaban J connectivity index is 2.10. The minimum Gasteiger partial charge on any atom is -0.350 e.